The Kier molecular flexibility index (Phi) is 5.69. The summed E-state index contributed by atoms with van der Waals surface area (Å²) in [5.41, 5.74) is -1.46. The molecule has 1 aromatic carbocycles. The average molecular weight is 333 g/mol. The van der Waals surface area contributed by atoms with Crippen LogP contribution < -0.4 is 0 Å². The van der Waals surface area contributed by atoms with Crippen LogP contribution in [0.4, 0.5) is 4.39 Å². The first kappa shape index (κ1) is 17.7. The molecule has 0 fully saturated rings. The van der Waals surface area contributed by atoms with Gasteiger partial charge in [0.25, 0.3) is 0 Å². The molecule has 0 aliphatic rings. The summed E-state index contributed by atoms with van der Waals surface area (Å²) in [5, 5.41) is 26.1. The molecule has 3 rings (SSSR count). The Morgan fingerprint density at radius 1 is 1.25 bits per heavy atom. The molecular weight excluding hydrogens is 313 g/mol. The standard InChI is InChI=1S/C13H14FN7O.C2H6/c1-10(21-9-16-18-19-21)13(22,6-20-8-15-7-17-20)11-4-2-3-5-12(11)14;1-2/h2-5,7-10,22H,6H2,1H3;1-2H3. The maximum absolute atomic E-state index is 14.2. The fraction of sp³-hybridized carbons (Fsp3) is 0.400. The Balaban J connectivity index is 0.00000100. The van der Waals surface area contributed by atoms with Crippen molar-refractivity contribution in [3.63, 3.8) is 0 Å². The molecular formula is C15H20FN7O. The van der Waals surface area contributed by atoms with Crippen LogP contribution in [0.2, 0.25) is 0 Å². The Morgan fingerprint density at radius 2 is 2.00 bits per heavy atom. The van der Waals surface area contributed by atoms with Crippen molar-refractivity contribution in [3.8, 4) is 0 Å². The van der Waals surface area contributed by atoms with Gasteiger partial charge in [-0.25, -0.2) is 18.7 Å². The second-order valence-electron chi connectivity index (χ2n) is 4.96. The van der Waals surface area contributed by atoms with E-state index in [0.29, 0.717) is 0 Å². The van der Waals surface area contributed by atoms with Crippen LogP contribution in [0.5, 0.6) is 0 Å². The van der Waals surface area contributed by atoms with E-state index in [1.807, 2.05) is 13.8 Å². The first-order valence-corrected chi connectivity index (χ1v) is 7.63. The summed E-state index contributed by atoms with van der Waals surface area (Å²) in [5.74, 6) is -0.509. The number of hydrogen-bond acceptors (Lipinski definition) is 6. The molecule has 1 N–H and O–H groups in total. The summed E-state index contributed by atoms with van der Waals surface area (Å²) < 4.78 is 17.1. The summed E-state index contributed by atoms with van der Waals surface area (Å²) in [6, 6.07) is 5.44. The molecule has 9 heteroatoms. The van der Waals surface area contributed by atoms with Crippen molar-refractivity contribution in [1.29, 1.82) is 0 Å². The highest BCUT2D eigenvalue weighted by Gasteiger charge is 2.40. The van der Waals surface area contributed by atoms with Crippen LogP contribution in [0.1, 0.15) is 32.4 Å². The lowest BCUT2D eigenvalue weighted by Crippen LogP contribution is -2.40. The SMILES string of the molecule is CC.CC(n1cnnn1)C(O)(Cn1cncn1)c1ccccc1F. The third kappa shape index (κ3) is 3.46. The summed E-state index contributed by atoms with van der Waals surface area (Å²) in [4.78, 5) is 3.84. The number of halogens is 1. The van der Waals surface area contributed by atoms with E-state index in [0.717, 1.165) is 0 Å². The molecule has 2 atom stereocenters. The zero-order valence-corrected chi connectivity index (χ0v) is 13.8. The predicted octanol–water partition coefficient (Wildman–Crippen LogP) is 1.58. The van der Waals surface area contributed by atoms with Crippen molar-refractivity contribution in [3.05, 3.63) is 54.6 Å². The lowest BCUT2D eigenvalue weighted by Gasteiger charge is -2.34. The fourth-order valence-electron chi connectivity index (χ4n) is 2.38. The molecule has 3 aromatic rings. The molecule has 0 spiro atoms. The van der Waals surface area contributed by atoms with E-state index in [2.05, 4.69) is 25.6 Å². The van der Waals surface area contributed by atoms with E-state index >= 15 is 0 Å². The van der Waals surface area contributed by atoms with E-state index in [-0.39, 0.29) is 12.1 Å². The van der Waals surface area contributed by atoms with Crippen molar-refractivity contribution in [1.82, 2.24) is 35.0 Å². The van der Waals surface area contributed by atoms with Gasteiger partial charge < -0.3 is 5.11 Å². The number of benzene rings is 1. The Labute approximate surface area is 139 Å². The molecule has 24 heavy (non-hydrogen) atoms. The van der Waals surface area contributed by atoms with Gasteiger partial charge in [0.1, 0.15) is 30.4 Å². The highest BCUT2D eigenvalue weighted by Crippen LogP contribution is 2.35. The third-order valence-corrected chi connectivity index (χ3v) is 3.66. The molecule has 0 aliphatic carbocycles. The topological polar surface area (TPSA) is 94.5 Å². The fourth-order valence-corrected chi connectivity index (χ4v) is 2.38. The molecule has 2 aromatic heterocycles. The zero-order chi connectivity index (χ0) is 17.6. The number of rotatable bonds is 5. The minimum absolute atomic E-state index is 0.00889. The molecule has 128 valence electrons. The monoisotopic (exact) mass is 333 g/mol. The molecule has 2 unspecified atom stereocenters. The van der Waals surface area contributed by atoms with Gasteiger partial charge in [0.15, 0.2) is 0 Å². The molecule has 0 bridgehead atoms. The normalized spacial score (nSPS) is 14.4. The molecule has 0 saturated carbocycles. The van der Waals surface area contributed by atoms with Gasteiger partial charge in [-0.05, 0) is 23.4 Å². The van der Waals surface area contributed by atoms with Gasteiger partial charge in [0, 0.05) is 5.56 Å². The van der Waals surface area contributed by atoms with Crippen LogP contribution in [0.15, 0.2) is 43.2 Å². The van der Waals surface area contributed by atoms with Gasteiger partial charge in [-0.1, -0.05) is 32.0 Å². The van der Waals surface area contributed by atoms with Gasteiger partial charge in [0.2, 0.25) is 0 Å². The van der Waals surface area contributed by atoms with Crippen molar-refractivity contribution in [2.24, 2.45) is 0 Å². The second kappa shape index (κ2) is 7.73. The third-order valence-electron chi connectivity index (χ3n) is 3.66. The van der Waals surface area contributed by atoms with Gasteiger partial charge in [0.05, 0.1) is 12.6 Å². The minimum Gasteiger partial charge on any atom is -0.381 e. The van der Waals surface area contributed by atoms with Gasteiger partial charge in [-0.3, -0.25) is 0 Å². The number of tetrazole rings is 1. The maximum atomic E-state index is 14.2. The highest BCUT2D eigenvalue weighted by atomic mass is 19.1. The predicted molar refractivity (Wildman–Crippen MR) is 84.2 cm³/mol. The van der Waals surface area contributed by atoms with Crippen LogP contribution in [-0.2, 0) is 12.1 Å². The van der Waals surface area contributed by atoms with Gasteiger partial charge >= 0.3 is 0 Å². The first-order valence-electron chi connectivity index (χ1n) is 7.63. The Bertz CT molecular complexity index is 732. The van der Waals surface area contributed by atoms with E-state index in [1.54, 1.807) is 19.1 Å². The maximum Gasteiger partial charge on any atom is 0.138 e. The van der Waals surface area contributed by atoms with Crippen molar-refractivity contribution < 1.29 is 9.50 Å². The first-order chi connectivity index (χ1) is 11.6. The second-order valence-corrected chi connectivity index (χ2v) is 4.96. The minimum atomic E-state index is -1.60. The summed E-state index contributed by atoms with van der Waals surface area (Å²) in [6.07, 6.45) is 4.18. The lowest BCUT2D eigenvalue weighted by molar-refractivity contribution is -0.0374. The summed E-state index contributed by atoms with van der Waals surface area (Å²) in [6.45, 7) is 5.72. The molecule has 0 saturated heterocycles. The Hall–Kier alpha value is -2.68. The quantitative estimate of drug-likeness (QED) is 0.762. The van der Waals surface area contributed by atoms with Crippen LogP contribution in [0.3, 0.4) is 0 Å². The molecule has 0 aliphatic heterocycles. The van der Waals surface area contributed by atoms with Gasteiger partial charge in [-0.2, -0.15) is 5.10 Å². The van der Waals surface area contributed by atoms with Crippen molar-refractivity contribution in [2.75, 3.05) is 0 Å². The van der Waals surface area contributed by atoms with Crippen LogP contribution in [-0.4, -0.2) is 40.1 Å². The van der Waals surface area contributed by atoms with E-state index in [9.17, 15) is 9.50 Å². The van der Waals surface area contributed by atoms with E-state index in [1.165, 1.54) is 40.5 Å². The number of aliphatic hydroxyl groups is 1. The molecule has 8 nitrogen and oxygen atoms in total. The van der Waals surface area contributed by atoms with Gasteiger partial charge in [-0.15, -0.1) is 5.10 Å². The number of aromatic nitrogens is 7. The molecule has 2 heterocycles. The van der Waals surface area contributed by atoms with Crippen LogP contribution >= 0.6 is 0 Å². The number of hydrogen-bond donors (Lipinski definition) is 1. The largest absolute Gasteiger partial charge is 0.381 e. The lowest BCUT2D eigenvalue weighted by atomic mass is 9.86. The number of nitrogens with zero attached hydrogens (tertiary/aromatic N) is 7. The molecule has 0 amide bonds. The Morgan fingerprint density at radius 3 is 2.58 bits per heavy atom. The zero-order valence-electron chi connectivity index (χ0n) is 13.8. The van der Waals surface area contributed by atoms with Crippen molar-refractivity contribution >= 4 is 0 Å². The van der Waals surface area contributed by atoms with Crippen molar-refractivity contribution in [2.45, 2.75) is 39.0 Å². The molecule has 0 radical (unpaired) electrons. The van der Waals surface area contributed by atoms with Crippen LogP contribution in [0.25, 0.3) is 0 Å². The average Bonchev–Trinajstić information content (AvgIpc) is 3.30. The summed E-state index contributed by atoms with van der Waals surface area (Å²) >= 11 is 0. The van der Waals surface area contributed by atoms with E-state index in [4.69, 9.17) is 0 Å². The smallest absolute Gasteiger partial charge is 0.138 e. The summed E-state index contributed by atoms with van der Waals surface area (Å²) in [7, 11) is 0. The van der Waals surface area contributed by atoms with Crippen LogP contribution in [0, 0.1) is 5.82 Å². The van der Waals surface area contributed by atoms with E-state index < -0.39 is 17.5 Å². The highest BCUT2D eigenvalue weighted by molar-refractivity contribution is 5.25.